The smallest absolute Gasteiger partial charge is 0.407 e. The molecule has 4 N–H and O–H groups in total. The van der Waals surface area contributed by atoms with Gasteiger partial charge in [-0.15, -0.1) is 0 Å². The van der Waals surface area contributed by atoms with Crippen LogP contribution in [-0.4, -0.2) is 46.9 Å². The Hall–Kier alpha value is -0.810. The van der Waals surface area contributed by atoms with E-state index in [1.165, 1.54) is 4.90 Å². The second-order valence-corrected chi connectivity index (χ2v) is 3.45. The van der Waals surface area contributed by atoms with Crippen molar-refractivity contribution < 1.29 is 15.0 Å². The summed E-state index contributed by atoms with van der Waals surface area (Å²) in [7, 11) is 0. The van der Waals surface area contributed by atoms with Crippen molar-refractivity contribution in [3.8, 4) is 0 Å². The Morgan fingerprint density at radius 2 is 2.08 bits per heavy atom. The van der Waals surface area contributed by atoms with Crippen LogP contribution < -0.4 is 5.73 Å². The molecule has 5 heteroatoms. The van der Waals surface area contributed by atoms with Crippen molar-refractivity contribution >= 4 is 6.09 Å². The lowest BCUT2D eigenvalue weighted by atomic mass is 9.90. The van der Waals surface area contributed by atoms with E-state index in [4.69, 9.17) is 15.9 Å². The molecule has 1 saturated heterocycles. The first-order valence-electron chi connectivity index (χ1n) is 4.49. The molecule has 1 rings (SSSR count). The van der Waals surface area contributed by atoms with Crippen LogP contribution in [0.25, 0.3) is 0 Å². The number of piperidine rings is 1. The molecule has 0 aliphatic carbocycles. The summed E-state index contributed by atoms with van der Waals surface area (Å²) < 4.78 is 0. The quantitative estimate of drug-likeness (QED) is 0.555. The Bertz CT molecular complexity index is 178. The number of nitrogens with zero attached hydrogens (tertiary/aromatic N) is 1. The maximum absolute atomic E-state index is 10.5. The zero-order chi connectivity index (χ0) is 9.84. The fraction of sp³-hybridized carbons (Fsp3) is 0.875. The predicted octanol–water partition coefficient (Wildman–Crippen LogP) is -0.304. The van der Waals surface area contributed by atoms with E-state index in [1.807, 2.05) is 0 Å². The van der Waals surface area contributed by atoms with E-state index in [0.717, 1.165) is 12.8 Å². The molecule has 1 fully saturated rings. The molecule has 0 radical (unpaired) electrons. The highest BCUT2D eigenvalue weighted by atomic mass is 16.4. The van der Waals surface area contributed by atoms with Gasteiger partial charge in [-0.25, -0.2) is 4.79 Å². The molecule has 76 valence electrons. The van der Waals surface area contributed by atoms with Crippen LogP contribution in [0.4, 0.5) is 4.79 Å². The van der Waals surface area contributed by atoms with Crippen LogP contribution in [0.2, 0.25) is 0 Å². The molecule has 0 bridgehead atoms. The maximum Gasteiger partial charge on any atom is 0.407 e. The van der Waals surface area contributed by atoms with E-state index in [9.17, 15) is 4.79 Å². The molecular formula is C8H16N2O3. The number of hydrogen-bond donors (Lipinski definition) is 3. The number of rotatable bonds is 2. The summed E-state index contributed by atoms with van der Waals surface area (Å²) >= 11 is 0. The molecular weight excluding hydrogens is 172 g/mol. The Morgan fingerprint density at radius 1 is 1.54 bits per heavy atom. The monoisotopic (exact) mass is 188 g/mol. The lowest BCUT2D eigenvalue weighted by molar-refractivity contribution is 0.112. The van der Waals surface area contributed by atoms with E-state index in [0.29, 0.717) is 13.1 Å². The Labute approximate surface area is 77.1 Å². The largest absolute Gasteiger partial charge is 0.465 e. The molecule has 1 aliphatic heterocycles. The molecule has 1 heterocycles. The van der Waals surface area contributed by atoms with Crippen LogP contribution in [0.15, 0.2) is 0 Å². The van der Waals surface area contributed by atoms with E-state index in [-0.39, 0.29) is 18.6 Å². The average molecular weight is 188 g/mol. The number of aliphatic hydroxyl groups is 1. The summed E-state index contributed by atoms with van der Waals surface area (Å²) in [6.45, 7) is 1.05. The van der Waals surface area contributed by atoms with Crippen LogP contribution in [-0.2, 0) is 0 Å². The second kappa shape index (κ2) is 4.43. The van der Waals surface area contributed by atoms with Gasteiger partial charge >= 0.3 is 6.09 Å². The van der Waals surface area contributed by atoms with Crippen molar-refractivity contribution in [2.45, 2.75) is 18.9 Å². The first-order chi connectivity index (χ1) is 6.15. The van der Waals surface area contributed by atoms with Crippen LogP contribution in [0, 0.1) is 5.92 Å². The highest BCUT2D eigenvalue weighted by Gasteiger charge is 2.25. The summed E-state index contributed by atoms with van der Waals surface area (Å²) in [5, 5.41) is 17.5. The number of carbonyl (C=O) groups is 1. The first-order valence-corrected chi connectivity index (χ1v) is 4.49. The summed E-state index contributed by atoms with van der Waals surface area (Å²) in [5.41, 5.74) is 5.65. The Balaban J connectivity index is 2.34. The highest BCUT2D eigenvalue weighted by molar-refractivity contribution is 5.64. The van der Waals surface area contributed by atoms with Crippen molar-refractivity contribution in [2.75, 3.05) is 19.7 Å². The standard InChI is InChI=1S/C8H16N2O3/c9-7(5-11)6-1-3-10(4-2-6)8(12)13/h6-7,11H,1-5,9H2,(H,12,13). The van der Waals surface area contributed by atoms with Gasteiger partial charge in [-0.2, -0.15) is 0 Å². The number of hydrogen-bond acceptors (Lipinski definition) is 3. The van der Waals surface area contributed by atoms with Gasteiger partial charge in [0.15, 0.2) is 0 Å². The van der Waals surface area contributed by atoms with Gasteiger partial charge < -0.3 is 20.8 Å². The molecule has 5 nitrogen and oxygen atoms in total. The molecule has 1 aliphatic rings. The molecule has 1 unspecified atom stereocenters. The second-order valence-electron chi connectivity index (χ2n) is 3.45. The number of nitrogens with two attached hydrogens (primary N) is 1. The summed E-state index contributed by atoms with van der Waals surface area (Å²) in [6.07, 6.45) is 0.651. The van der Waals surface area contributed by atoms with Crippen LogP contribution in [0.5, 0.6) is 0 Å². The van der Waals surface area contributed by atoms with E-state index < -0.39 is 6.09 Å². The van der Waals surface area contributed by atoms with Gasteiger partial charge in [0.05, 0.1) is 6.61 Å². The van der Waals surface area contributed by atoms with Gasteiger partial charge in [-0.1, -0.05) is 0 Å². The van der Waals surface area contributed by atoms with Crippen molar-refractivity contribution in [1.29, 1.82) is 0 Å². The third-order valence-corrected chi connectivity index (χ3v) is 2.63. The van der Waals surface area contributed by atoms with Gasteiger partial charge in [-0.3, -0.25) is 0 Å². The number of carboxylic acid groups (broad SMARTS) is 1. The lowest BCUT2D eigenvalue weighted by Crippen LogP contribution is -2.44. The molecule has 0 aromatic rings. The van der Waals surface area contributed by atoms with Crippen molar-refractivity contribution in [1.82, 2.24) is 4.90 Å². The van der Waals surface area contributed by atoms with E-state index in [1.54, 1.807) is 0 Å². The zero-order valence-electron chi connectivity index (χ0n) is 7.52. The third kappa shape index (κ3) is 2.57. The summed E-state index contributed by atoms with van der Waals surface area (Å²) in [5.74, 6) is 0.264. The maximum atomic E-state index is 10.5. The van der Waals surface area contributed by atoms with Gasteiger partial charge in [0.2, 0.25) is 0 Å². The number of likely N-dealkylation sites (tertiary alicyclic amines) is 1. The zero-order valence-corrected chi connectivity index (χ0v) is 7.52. The highest BCUT2D eigenvalue weighted by Crippen LogP contribution is 2.19. The Kier molecular flexibility index (Phi) is 3.50. The topological polar surface area (TPSA) is 86.8 Å². The van der Waals surface area contributed by atoms with Crippen LogP contribution in [0.3, 0.4) is 0 Å². The summed E-state index contributed by atoms with van der Waals surface area (Å²) in [4.78, 5) is 11.9. The van der Waals surface area contributed by atoms with Crippen molar-refractivity contribution in [3.63, 3.8) is 0 Å². The van der Waals surface area contributed by atoms with Crippen molar-refractivity contribution in [2.24, 2.45) is 11.7 Å². The van der Waals surface area contributed by atoms with Gasteiger partial charge in [-0.05, 0) is 18.8 Å². The van der Waals surface area contributed by atoms with Crippen LogP contribution in [0.1, 0.15) is 12.8 Å². The molecule has 13 heavy (non-hydrogen) atoms. The number of amides is 1. The Morgan fingerprint density at radius 3 is 2.46 bits per heavy atom. The van der Waals surface area contributed by atoms with Crippen molar-refractivity contribution in [3.05, 3.63) is 0 Å². The van der Waals surface area contributed by atoms with E-state index >= 15 is 0 Å². The molecule has 0 aromatic heterocycles. The fourth-order valence-corrected chi connectivity index (χ4v) is 1.67. The van der Waals surface area contributed by atoms with Gasteiger partial charge in [0, 0.05) is 19.1 Å². The van der Waals surface area contributed by atoms with Gasteiger partial charge in [0.1, 0.15) is 0 Å². The minimum absolute atomic E-state index is 0.0161. The molecule has 0 aromatic carbocycles. The molecule has 0 saturated carbocycles. The molecule has 1 amide bonds. The molecule has 1 atom stereocenters. The third-order valence-electron chi connectivity index (χ3n) is 2.63. The lowest BCUT2D eigenvalue weighted by Gasteiger charge is -2.32. The van der Waals surface area contributed by atoms with Gasteiger partial charge in [0.25, 0.3) is 0 Å². The van der Waals surface area contributed by atoms with E-state index in [2.05, 4.69) is 0 Å². The fourth-order valence-electron chi connectivity index (χ4n) is 1.67. The normalized spacial score (nSPS) is 21.5. The SMILES string of the molecule is NC(CO)C1CCN(C(=O)O)CC1. The number of aliphatic hydroxyl groups excluding tert-OH is 1. The average Bonchev–Trinajstić information content (AvgIpc) is 2.17. The molecule has 0 spiro atoms. The minimum atomic E-state index is -0.865. The summed E-state index contributed by atoms with van der Waals surface area (Å²) in [6, 6.07) is -0.198. The predicted molar refractivity (Wildman–Crippen MR) is 47.4 cm³/mol. The minimum Gasteiger partial charge on any atom is -0.465 e. The first kappa shape index (κ1) is 10.3. The van der Waals surface area contributed by atoms with Crippen LogP contribution >= 0.6 is 0 Å².